The van der Waals surface area contributed by atoms with Crippen LogP contribution in [0.3, 0.4) is 0 Å². The maximum Gasteiger partial charge on any atom is 0.341 e. The van der Waals surface area contributed by atoms with Gasteiger partial charge in [0.2, 0.25) is 5.91 Å². The average molecular weight is 1210 g/mol. The quantitative estimate of drug-likeness (QED) is 0.0344. The number of aromatic amines is 4. The molecule has 13 N–H and O–H groups in total. The van der Waals surface area contributed by atoms with Crippen LogP contribution in [0.15, 0.2) is 146 Å². The number of carboxylic acids is 7. The highest BCUT2D eigenvalue weighted by molar-refractivity contribution is 5.97. The summed E-state index contributed by atoms with van der Waals surface area (Å²) in [5, 5.41) is 76.4. The van der Waals surface area contributed by atoms with Crippen LogP contribution in [0.25, 0.3) is 22.3 Å². The Labute approximate surface area is 504 Å². The summed E-state index contributed by atoms with van der Waals surface area (Å²) in [5.74, 6) is -10.4. The van der Waals surface area contributed by atoms with Gasteiger partial charge < -0.3 is 66.3 Å². The molecule has 0 aliphatic carbocycles. The number of aromatic nitrogens is 4. The number of likely N-dealkylation sites (N-methyl/N-ethyl adjacent to an activating group) is 1. The second-order valence-electron chi connectivity index (χ2n) is 20.7. The van der Waals surface area contributed by atoms with Crippen molar-refractivity contribution >= 4 is 75.9 Å². The van der Waals surface area contributed by atoms with Crippen molar-refractivity contribution in [1.29, 1.82) is 0 Å². The van der Waals surface area contributed by atoms with Crippen LogP contribution in [0, 0.1) is 0 Å². The molecule has 25 heteroatoms. The van der Waals surface area contributed by atoms with Gasteiger partial charge in [0, 0.05) is 105 Å². The fourth-order valence-electron chi connectivity index (χ4n) is 10.6. The predicted molar refractivity (Wildman–Crippen MR) is 320 cm³/mol. The first-order chi connectivity index (χ1) is 42.6. The van der Waals surface area contributed by atoms with Crippen LogP contribution in [0.5, 0.6) is 0 Å². The van der Waals surface area contributed by atoms with Crippen LogP contribution < -0.4 is 32.0 Å². The van der Waals surface area contributed by atoms with Gasteiger partial charge in [-0.3, -0.25) is 38.7 Å². The van der Waals surface area contributed by atoms with E-state index in [-0.39, 0.29) is 55.0 Å². The number of carbonyl (C=O) groups is 9. The number of carbonyl (C=O) groups excluding carboxylic acids is 2. The highest BCUT2D eigenvalue weighted by Gasteiger charge is 2.31. The first-order valence-electron chi connectivity index (χ1n) is 27.7. The van der Waals surface area contributed by atoms with Crippen LogP contribution in [0.1, 0.15) is 93.4 Å². The Balaban J connectivity index is 1.13. The van der Waals surface area contributed by atoms with Crippen molar-refractivity contribution in [1.82, 2.24) is 45.3 Å². The van der Waals surface area contributed by atoms with E-state index in [9.17, 15) is 78.9 Å². The minimum absolute atomic E-state index is 0.0403. The van der Waals surface area contributed by atoms with Crippen molar-refractivity contribution in [3.63, 3.8) is 0 Å². The predicted octanol–water partition coefficient (Wildman–Crippen LogP) is 1.83. The fraction of sp³-hybridized carbons (Fsp3) is 0.172. The molecule has 25 nitrogen and oxygen atoms in total. The molecule has 0 spiro atoms. The van der Waals surface area contributed by atoms with Gasteiger partial charge in [-0.05, 0) is 126 Å². The summed E-state index contributed by atoms with van der Waals surface area (Å²) in [6, 6.07) is 40.0. The molecular weight excluding hydrogens is 1150 g/mol. The van der Waals surface area contributed by atoms with Crippen LogP contribution in [-0.4, -0.2) is 189 Å². The van der Waals surface area contributed by atoms with Gasteiger partial charge in [-0.15, -0.1) is 0 Å². The standard InChI is InChI=1S/C64H59N9O16/c1-2-65-51(74)31-72(33-53(77)78)28-27-71(32-52(75)76)29-30-73(34-54(79)80)59(64(88)89)70-60(81)39-11-3-35(4-12-39)55-43-19-21-45(66-43)56(36-5-13-40(14-6-36)61(82)83)47-23-25-49(68-47)58(38-9-17-42(18-10-38)63(86)87)50-26-24-48(69-50)57(46-22-20-44(55)67-46)37-7-15-41(16-8-37)62(84)85/h3-26,59,66-69H,2,27-34H2,1H3,(H,65,74)(H,70,81)(H,75,76)(H,77,78)(H,79,80)(H,82,83)(H,84,85)(H,86,87)(H,88,89). The molecule has 0 saturated carbocycles. The van der Waals surface area contributed by atoms with Gasteiger partial charge in [-0.2, -0.15) is 0 Å². The van der Waals surface area contributed by atoms with E-state index in [1.165, 1.54) is 58.3 Å². The first kappa shape index (κ1) is 62.1. The minimum Gasteiger partial charge on any atom is -0.480 e. The van der Waals surface area contributed by atoms with E-state index in [1.54, 1.807) is 55.5 Å². The zero-order valence-corrected chi connectivity index (χ0v) is 47.4. The molecule has 8 aromatic rings. The van der Waals surface area contributed by atoms with Gasteiger partial charge in [-0.25, -0.2) is 19.2 Å². The monoisotopic (exact) mass is 1210 g/mol. The van der Waals surface area contributed by atoms with Crippen molar-refractivity contribution in [2.45, 2.75) is 13.1 Å². The summed E-state index contributed by atoms with van der Waals surface area (Å²) >= 11 is 0. The molecule has 4 aromatic heterocycles. The van der Waals surface area contributed by atoms with Gasteiger partial charge in [0.1, 0.15) is 0 Å². The zero-order chi connectivity index (χ0) is 63.6. The molecule has 5 heterocycles. The largest absolute Gasteiger partial charge is 0.480 e. The lowest BCUT2D eigenvalue weighted by molar-refractivity contribution is -0.148. The van der Waals surface area contributed by atoms with Crippen molar-refractivity contribution in [2.75, 3.05) is 58.9 Å². The Hall–Kier alpha value is -11.4. The van der Waals surface area contributed by atoms with Crippen LogP contribution >= 0.6 is 0 Å². The molecule has 4 aromatic carbocycles. The van der Waals surface area contributed by atoms with Crippen LogP contribution in [0.4, 0.5) is 0 Å². The number of nitrogens with one attached hydrogen (secondary N) is 6. The Morgan fingerprint density at radius 3 is 1.03 bits per heavy atom. The molecule has 1 aliphatic rings. The van der Waals surface area contributed by atoms with E-state index in [0.29, 0.717) is 88.7 Å². The molecule has 8 bridgehead atoms. The molecule has 0 fully saturated rings. The third kappa shape index (κ3) is 14.8. The number of nitrogens with zero attached hydrogens (tertiary/aromatic N) is 3. The zero-order valence-electron chi connectivity index (χ0n) is 47.4. The lowest BCUT2D eigenvalue weighted by Gasteiger charge is -2.31. The molecule has 0 radical (unpaired) electrons. The number of aliphatic carboxylic acids is 4. The van der Waals surface area contributed by atoms with Gasteiger partial charge in [0.25, 0.3) is 5.91 Å². The lowest BCUT2D eigenvalue weighted by atomic mass is 10.0. The van der Waals surface area contributed by atoms with E-state index < -0.39 is 85.9 Å². The smallest absolute Gasteiger partial charge is 0.341 e. The van der Waals surface area contributed by atoms with Gasteiger partial charge in [0.05, 0.1) is 42.9 Å². The molecule has 456 valence electrons. The second kappa shape index (κ2) is 27.3. The summed E-state index contributed by atoms with van der Waals surface area (Å²) in [7, 11) is 0. The number of hydrogen-bond donors (Lipinski definition) is 13. The number of rotatable bonds is 26. The summed E-state index contributed by atoms with van der Waals surface area (Å²) in [6.07, 6.45) is -1.96. The number of hydrogen-bond acceptors (Lipinski definition) is 12. The molecular formula is C64H59N9O16. The van der Waals surface area contributed by atoms with Crippen molar-refractivity contribution in [2.24, 2.45) is 0 Å². The summed E-state index contributed by atoms with van der Waals surface area (Å²) < 4.78 is 0. The van der Waals surface area contributed by atoms with E-state index in [2.05, 4.69) is 30.6 Å². The molecule has 2 amide bonds. The van der Waals surface area contributed by atoms with E-state index in [4.69, 9.17) is 0 Å². The third-order valence-electron chi connectivity index (χ3n) is 14.7. The average Bonchev–Trinajstić information content (AvgIpc) is 2.23. The Morgan fingerprint density at radius 1 is 0.382 bits per heavy atom. The minimum atomic E-state index is -1.96. The lowest BCUT2D eigenvalue weighted by Crippen LogP contribution is -2.56. The Bertz CT molecular complexity index is 4310. The van der Waals surface area contributed by atoms with Crippen molar-refractivity contribution in [3.8, 4) is 0 Å². The number of benzene rings is 4. The third-order valence-corrected chi connectivity index (χ3v) is 14.7. The summed E-state index contributed by atoms with van der Waals surface area (Å²) in [5.41, 5.74) is 7.30. The Kier molecular flexibility index (Phi) is 19.1. The number of aromatic carboxylic acids is 3. The highest BCUT2D eigenvalue weighted by Crippen LogP contribution is 2.29. The number of carboxylic acid groups (broad SMARTS) is 7. The summed E-state index contributed by atoms with van der Waals surface area (Å²) in [4.78, 5) is 129. The highest BCUT2D eigenvalue weighted by atomic mass is 16.4. The topological polar surface area (TPSA) is 392 Å². The van der Waals surface area contributed by atoms with E-state index >= 15 is 0 Å². The van der Waals surface area contributed by atoms with E-state index in [1.807, 2.05) is 48.5 Å². The number of fused-ring (bicyclic) bond motifs is 8. The van der Waals surface area contributed by atoms with Crippen LogP contribution in [-0.2, 0) is 24.0 Å². The molecule has 1 aliphatic heterocycles. The second-order valence-corrected chi connectivity index (χ2v) is 20.7. The summed E-state index contributed by atoms with van der Waals surface area (Å²) in [6.45, 7) is -1.32. The molecule has 9 rings (SSSR count). The molecule has 0 saturated heterocycles. The molecule has 1 unspecified atom stereocenters. The number of H-pyrrole nitrogens is 4. The molecule has 1 atom stereocenters. The van der Waals surface area contributed by atoms with Crippen molar-refractivity contribution in [3.05, 3.63) is 234 Å². The first-order valence-corrected chi connectivity index (χ1v) is 27.7. The maximum atomic E-state index is 14.1. The fourth-order valence-corrected chi connectivity index (χ4v) is 10.6. The van der Waals surface area contributed by atoms with Crippen molar-refractivity contribution < 1.29 is 78.9 Å². The normalized spacial score (nSPS) is 12.5. The van der Waals surface area contributed by atoms with Crippen LogP contribution in [0.2, 0.25) is 0 Å². The van der Waals surface area contributed by atoms with E-state index in [0.717, 1.165) is 4.90 Å². The SMILES string of the molecule is CCNC(=O)CN(CCN(CCN(CC(=O)O)C(NC(=O)c1ccc(C2=c3ccc([nH]3)=C(c3ccc(C(=O)O)cc3)c3ccc([nH]3)C(c3ccc(C(=O)O)cc3)=c3ccc([nH]3)=C(c3ccc(C(=O)O)cc3)c3ccc2[nH]3)cc1)C(=O)O)CC(=O)O)CC(=O)O. The van der Waals surface area contributed by atoms with Gasteiger partial charge in [0.15, 0.2) is 6.17 Å². The Morgan fingerprint density at radius 2 is 0.708 bits per heavy atom. The van der Waals surface area contributed by atoms with Gasteiger partial charge in [-0.1, -0.05) is 48.5 Å². The molecule has 89 heavy (non-hydrogen) atoms. The van der Waals surface area contributed by atoms with Gasteiger partial charge >= 0.3 is 41.8 Å². The maximum absolute atomic E-state index is 14.1. The number of amides is 2.